The van der Waals surface area contributed by atoms with E-state index in [1.165, 1.54) is 24.3 Å². The molecule has 0 saturated carbocycles. The molecule has 1 atom stereocenters. The third kappa shape index (κ3) is 4.67. The number of aliphatic hydroxyl groups excluding tert-OH is 1. The van der Waals surface area contributed by atoms with Crippen LogP contribution in [0.5, 0.6) is 5.75 Å². The number of carbonyl (C=O) groups is 2. The quantitative estimate of drug-likeness (QED) is 0.550. The van der Waals surface area contributed by atoms with Crippen molar-refractivity contribution in [1.82, 2.24) is 5.32 Å². The number of amides is 1. The molecule has 0 aliphatic heterocycles. The molecule has 0 heterocycles. The van der Waals surface area contributed by atoms with Gasteiger partial charge in [-0.15, -0.1) is 0 Å². The van der Waals surface area contributed by atoms with Gasteiger partial charge in [-0.3, -0.25) is 4.79 Å². The monoisotopic (exact) mass is 251 g/mol. The predicted molar refractivity (Wildman–Crippen MR) is 63.8 cm³/mol. The summed E-state index contributed by atoms with van der Waals surface area (Å²) < 4.78 is 0. The van der Waals surface area contributed by atoms with Crippen molar-refractivity contribution in [2.24, 2.45) is 0 Å². The van der Waals surface area contributed by atoms with Gasteiger partial charge in [0.2, 0.25) is 5.91 Å². The second-order valence-corrected chi connectivity index (χ2v) is 3.52. The smallest absolute Gasteiger partial charge is 0.334 e. The molecule has 4 N–H and O–H groups in total. The highest BCUT2D eigenvalue weighted by Gasteiger charge is 2.12. The zero-order valence-electron chi connectivity index (χ0n) is 9.41. The van der Waals surface area contributed by atoms with Gasteiger partial charge in [-0.25, -0.2) is 4.79 Å². The number of aromatic hydroxyl groups is 1. The van der Waals surface area contributed by atoms with Crippen molar-refractivity contribution < 1.29 is 24.9 Å². The number of carboxylic acids is 1. The fraction of sp³-hybridized carbons (Fsp3) is 0.167. The molecule has 0 spiro atoms. The Bertz CT molecular complexity index is 452. The first kappa shape index (κ1) is 13.7. The van der Waals surface area contributed by atoms with Crippen LogP contribution in [0.15, 0.2) is 30.3 Å². The molecule has 6 heteroatoms. The van der Waals surface area contributed by atoms with Crippen molar-refractivity contribution >= 4 is 18.0 Å². The number of benzene rings is 1. The molecule has 0 saturated heterocycles. The predicted octanol–water partition coefficient (Wildman–Crippen LogP) is -0.0329. The number of carbonyl (C=O) groups excluding carboxylic acids is 1. The Kier molecular flexibility index (Phi) is 4.89. The number of carboxylic acid groups (broad SMARTS) is 1. The lowest BCUT2D eigenvalue weighted by Crippen LogP contribution is -2.35. The van der Waals surface area contributed by atoms with Crippen molar-refractivity contribution in [3.05, 3.63) is 35.9 Å². The highest BCUT2D eigenvalue weighted by molar-refractivity contribution is 5.92. The molecule has 0 aromatic heterocycles. The molecule has 6 nitrogen and oxygen atoms in total. The summed E-state index contributed by atoms with van der Waals surface area (Å²) in [5.74, 6) is -1.78. The molecular formula is C12H13NO5. The van der Waals surface area contributed by atoms with E-state index in [4.69, 9.17) is 15.3 Å². The summed E-state index contributed by atoms with van der Waals surface area (Å²) in [6.45, 7) is -0.353. The molecular weight excluding hydrogens is 238 g/mol. The highest BCUT2D eigenvalue weighted by Crippen LogP contribution is 2.10. The van der Waals surface area contributed by atoms with Crippen LogP contribution in [0.1, 0.15) is 5.56 Å². The van der Waals surface area contributed by atoms with Crippen molar-refractivity contribution in [2.45, 2.75) is 6.10 Å². The number of phenols is 1. The summed E-state index contributed by atoms with van der Waals surface area (Å²) in [4.78, 5) is 21.5. The van der Waals surface area contributed by atoms with E-state index >= 15 is 0 Å². The van der Waals surface area contributed by atoms with Crippen LogP contribution in [0.25, 0.3) is 6.08 Å². The highest BCUT2D eigenvalue weighted by atomic mass is 16.4. The largest absolute Gasteiger partial charge is 0.508 e. The number of phenolic OH excluding ortho intramolecular Hbond substituents is 1. The molecule has 1 aromatic rings. The Labute approximate surface area is 103 Å². The number of nitrogens with one attached hydrogen (secondary N) is 1. The van der Waals surface area contributed by atoms with Crippen molar-refractivity contribution in [2.75, 3.05) is 6.54 Å². The summed E-state index contributed by atoms with van der Waals surface area (Å²) in [5.41, 5.74) is 0.710. The Morgan fingerprint density at radius 3 is 2.44 bits per heavy atom. The van der Waals surface area contributed by atoms with E-state index in [1.54, 1.807) is 12.1 Å². The maximum Gasteiger partial charge on any atom is 0.334 e. The van der Waals surface area contributed by atoms with Crippen LogP contribution in [0, 0.1) is 0 Å². The minimum Gasteiger partial charge on any atom is -0.508 e. The van der Waals surface area contributed by atoms with Gasteiger partial charge in [0.05, 0.1) is 6.54 Å². The minimum atomic E-state index is -1.61. The lowest BCUT2D eigenvalue weighted by Gasteiger charge is -2.05. The molecule has 0 aliphatic carbocycles. The Morgan fingerprint density at radius 2 is 1.89 bits per heavy atom. The van der Waals surface area contributed by atoms with E-state index in [0.29, 0.717) is 5.56 Å². The Morgan fingerprint density at radius 1 is 1.28 bits per heavy atom. The lowest BCUT2D eigenvalue weighted by atomic mass is 10.2. The van der Waals surface area contributed by atoms with Crippen molar-refractivity contribution in [3.8, 4) is 5.75 Å². The number of hydrogen-bond acceptors (Lipinski definition) is 4. The fourth-order valence-corrected chi connectivity index (χ4v) is 1.10. The summed E-state index contributed by atoms with van der Waals surface area (Å²) >= 11 is 0. The molecule has 1 aromatic carbocycles. The van der Waals surface area contributed by atoms with Gasteiger partial charge in [-0.05, 0) is 23.8 Å². The van der Waals surface area contributed by atoms with Crippen LogP contribution in [0.2, 0.25) is 0 Å². The van der Waals surface area contributed by atoms with Gasteiger partial charge in [-0.2, -0.15) is 0 Å². The number of aliphatic carboxylic acids is 1. The zero-order chi connectivity index (χ0) is 13.5. The summed E-state index contributed by atoms with van der Waals surface area (Å²) in [6.07, 6.45) is 1.10. The van der Waals surface area contributed by atoms with Gasteiger partial charge in [0, 0.05) is 6.08 Å². The SMILES string of the molecule is O=C(/C=C/c1ccc(O)cc1)NC[C@H](O)C(=O)O. The first-order chi connectivity index (χ1) is 8.49. The first-order valence-corrected chi connectivity index (χ1v) is 5.15. The van der Waals surface area contributed by atoms with E-state index in [0.717, 1.165) is 0 Å². The first-order valence-electron chi connectivity index (χ1n) is 5.15. The van der Waals surface area contributed by atoms with Gasteiger partial charge >= 0.3 is 5.97 Å². The Hall–Kier alpha value is -2.34. The normalized spacial score (nSPS) is 12.3. The third-order valence-electron chi connectivity index (χ3n) is 2.07. The zero-order valence-corrected chi connectivity index (χ0v) is 9.41. The fourth-order valence-electron chi connectivity index (χ4n) is 1.10. The van der Waals surface area contributed by atoms with Crippen LogP contribution in [-0.2, 0) is 9.59 Å². The Balaban J connectivity index is 2.45. The maximum atomic E-state index is 11.3. The molecule has 0 bridgehead atoms. The number of rotatable bonds is 5. The molecule has 1 amide bonds. The minimum absolute atomic E-state index is 0.126. The van der Waals surface area contributed by atoms with E-state index in [9.17, 15) is 9.59 Å². The van der Waals surface area contributed by atoms with Crippen LogP contribution in [0.3, 0.4) is 0 Å². The van der Waals surface area contributed by atoms with Crippen molar-refractivity contribution in [3.63, 3.8) is 0 Å². The second-order valence-electron chi connectivity index (χ2n) is 3.52. The van der Waals surface area contributed by atoms with E-state index in [-0.39, 0.29) is 12.3 Å². The number of hydrogen-bond donors (Lipinski definition) is 4. The van der Waals surface area contributed by atoms with Gasteiger partial charge in [-0.1, -0.05) is 12.1 Å². The second kappa shape index (κ2) is 6.41. The van der Waals surface area contributed by atoms with Gasteiger partial charge in [0.1, 0.15) is 5.75 Å². The molecule has 0 aliphatic rings. The standard InChI is InChI=1S/C12H13NO5/c14-9-4-1-8(2-5-9)3-6-11(16)13-7-10(15)12(17)18/h1-6,10,14-15H,7H2,(H,13,16)(H,17,18)/b6-3+/t10-/m0/s1. The third-order valence-corrected chi connectivity index (χ3v) is 2.07. The van der Waals surface area contributed by atoms with Crippen LogP contribution < -0.4 is 5.32 Å². The van der Waals surface area contributed by atoms with Crippen LogP contribution in [-0.4, -0.2) is 39.8 Å². The van der Waals surface area contributed by atoms with E-state index < -0.39 is 18.0 Å². The van der Waals surface area contributed by atoms with Crippen molar-refractivity contribution in [1.29, 1.82) is 0 Å². The molecule has 96 valence electrons. The molecule has 18 heavy (non-hydrogen) atoms. The van der Waals surface area contributed by atoms with Crippen LogP contribution in [0.4, 0.5) is 0 Å². The number of aliphatic hydroxyl groups is 1. The average Bonchev–Trinajstić information content (AvgIpc) is 2.35. The average molecular weight is 251 g/mol. The van der Waals surface area contributed by atoms with E-state index in [2.05, 4.69) is 5.32 Å². The lowest BCUT2D eigenvalue weighted by molar-refractivity contribution is -0.146. The summed E-state index contributed by atoms with van der Waals surface area (Å²) in [6, 6.07) is 6.19. The summed E-state index contributed by atoms with van der Waals surface area (Å²) in [7, 11) is 0. The van der Waals surface area contributed by atoms with Gasteiger partial charge in [0.25, 0.3) is 0 Å². The van der Waals surface area contributed by atoms with Gasteiger partial charge < -0.3 is 20.6 Å². The van der Waals surface area contributed by atoms with E-state index in [1.807, 2.05) is 0 Å². The molecule has 0 radical (unpaired) electrons. The molecule has 1 rings (SSSR count). The summed E-state index contributed by atoms with van der Waals surface area (Å²) in [5, 5.41) is 28.6. The molecule has 0 fully saturated rings. The van der Waals surface area contributed by atoms with Gasteiger partial charge in [0.15, 0.2) is 6.10 Å². The maximum absolute atomic E-state index is 11.3. The molecule has 0 unspecified atom stereocenters. The van der Waals surface area contributed by atoms with Crippen LogP contribution >= 0.6 is 0 Å². The topological polar surface area (TPSA) is 107 Å².